The molecule has 1 heterocycles. The van der Waals surface area contributed by atoms with Gasteiger partial charge in [-0.15, -0.1) is 10.2 Å². The van der Waals surface area contributed by atoms with E-state index in [4.69, 9.17) is 4.74 Å². The quantitative estimate of drug-likeness (QED) is 0.556. The summed E-state index contributed by atoms with van der Waals surface area (Å²) >= 11 is 3.32. The van der Waals surface area contributed by atoms with Crippen LogP contribution in [0.1, 0.15) is 36.8 Å². The summed E-state index contributed by atoms with van der Waals surface area (Å²) < 4.78 is 6.75. The first-order valence-corrected chi connectivity index (χ1v) is 8.65. The maximum absolute atomic E-state index is 5.74. The number of thioether (sulfide) groups is 1. The molecule has 0 radical (unpaired) electrons. The van der Waals surface area contributed by atoms with Crippen LogP contribution in [0.25, 0.3) is 0 Å². The van der Waals surface area contributed by atoms with Gasteiger partial charge in [-0.05, 0) is 37.0 Å². The second-order valence-electron chi connectivity index (χ2n) is 4.66. The van der Waals surface area contributed by atoms with Gasteiger partial charge < -0.3 is 4.74 Å². The van der Waals surface area contributed by atoms with E-state index in [0.717, 1.165) is 27.3 Å². The van der Waals surface area contributed by atoms with E-state index in [1.54, 1.807) is 23.1 Å². The van der Waals surface area contributed by atoms with Crippen LogP contribution >= 0.6 is 23.1 Å². The molecule has 0 unspecified atom stereocenters. The molecule has 0 fully saturated rings. The van der Waals surface area contributed by atoms with Crippen LogP contribution in [0.15, 0.2) is 28.6 Å². The molecule has 0 aliphatic rings. The molecule has 1 aromatic heterocycles. The Morgan fingerprint density at radius 3 is 2.60 bits per heavy atom. The first-order chi connectivity index (χ1) is 9.69. The van der Waals surface area contributed by atoms with Crippen LogP contribution in [-0.4, -0.2) is 22.6 Å². The van der Waals surface area contributed by atoms with Gasteiger partial charge in [-0.25, -0.2) is 0 Å². The Hall–Kier alpha value is -1.07. The Morgan fingerprint density at radius 1 is 1.25 bits per heavy atom. The van der Waals surface area contributed by atoms with Crippen molar-refractivity contribution in [3.63, 3.8) is 0 Å². The minimum atomic E-state index is 0.611. The number of nitrogens with zero attached hydrogens (tertiary/aromatic N) is 2. The van der Waals surface area contributed by atoms with E-state index in [-0.39, 0.29) is 0 Å². The van der Waals surface area contributed by atoms with Gasteiger partial charge in [-0.2, -0.15) is 0 Å². The zero-order valence-electron chi connectivity index (χ0n) is 12.1. The predicted molar refractivity (Wildman–Crippen MR) is 86.0 cm³/mol. The minimum Gasteiger partial charge on any atom is -0.493 e. The molecule has 0 aliphatic carbocycles. The van der Waals surface area contributed by atoms with Gasteiger partial charge in [0.05, 0.1) is 6.61 Å². The third-order valence-corrected chi connectivity index (χ3v) is 5.08. The maximum atomic E-state index is 5.74. The molecule has 0 N–H and O–H groups in total. The second kappa shape index (κ2) is 7.64. The molecule has 0 bridgehead atoms. The van der Waals surface area contributed by atoms with Crippen LogP contribution in [0.2, 0.25) is 0 Å². The first kappa shape index (κ1) is 15.3. The Morgan fingerprint density at radius 2 is 2.00 bits per heavy atom. The third kappa shape index (κ3) is 4.49. The fourth-order valence-electron chi connectivity index (χ4n) is 1.75. The molecule has 0 saturated heterocycles. The third-order valence-electron chi connectivity index (χ3n) is 3.15. The number of rotatable bonds is 7. The summed E-state index contributed by atoms with van der Waals surface area (Å²) in [5.74, 6) is 2.44. The van der Waals surface area contributed by atoms with Crippen molar-refractivity contribution < 1.29 is 4.74 Å². The van der Waals surface area contributed by atoms with Gasteiger partial charge in [-0.1, -0.05) is 49.1 Å². The highest BCUT2D eigenvalue weighted by Crippen LogP contribution is 2.23. The van der Waals surface area contributed by atoms with Crippen molar-refractivity contribution in [2.45, 2.75) is 37.4 Å². The molecular weight excluding hydrogens is 288 g/mol. The standard InChI is InChI=1S/C15H20N2OS2/c1-4-11(2)13-5-7-14(8-6-13)18-9-10-19-15-17-16-12(3)20-15/h5-8,11H,4,9-10H2,1-3H3/t11-/m1/s1. The lowest BCUT2D eigenvalue weighted by atomic mass is 9.99. The van der Waals surface area contributed by atoms with Crippen molar-refractivity contribution in [2.75, 3.05) is 12.4 Å². The molecule has 108 valence electrons. The lowest BCUT2D eigenvalue weighted by Crippen LogP contribution is -2.00. The number of benzene rings is 1. The molecule has 0 aliphatic heterocycles. The molecule has 0 saturated carbocycles. The van der Waals surface area contributed by atoms with Gasteiger partial charge in [0.2, 0.25) is 0 Å². The monoisotopic (exact) mass is 308 g/mol. The highest BCUT2D eigenvalue weighted by molar-refractivity contribution is 8.01. The summed E-state index contributed by atoms with van der Waals surface area (Å²) in [6.07, 6.45) is 1.16. The maximum Gasteiger partial charge on any atom is 0.174 e. The van der Waals surface area contributed by atoms with Crippen LogP contribution in [-0.2, 0) is 0 Å². The van der Waals surface area contributed by atoms with Crippen LogP contribution < -0.4 is 4.74 Å². The smallest absolute Gasteiger partial charge is 0.174 e. The van der Waals surface area contributed by atoms with Crippen molar-refractivity contribution in [1.29, 1.82) is 0 Å². The fourth-order valence-corrected chi connectivity index (χ4v) is 3.46. The molecule has 0 spiro atoms. The molecule has 1 atom stereocenters. The van der Waals surface area contributed by atoms with Crippen LogP contribution in [0.5, 0.6) is 5.75 Å². The van der Waals surface area contributed by atoms with Crippen molar-refractivity contribution in [2.24, 2.45) is 0 Å². The minimum absolute atomic E-state index is 0.611. The summed E-state index contributed by atoms with van der Waals surface area (Å²) in [6.45, 7) is 7.11. The number of aromatic nitrogens is 2. The summed E-state index contributed by atoms with van der Waals surface area (Å²) in [6, 6.07) is 8.43. The number of ether oxygens (including phenoxy) is 1. The SMILES string of the molecule is CC[C@@H](C)c1ccc(OCCSc2nnc(C)s2)cc1. The number of aryl methyl sites for hydroxylation is 1. The lowest BCUT2D eigenvalue weighted by Gasteiger charge is -2.10. The van der Waals surface area contributed by atoms with Crippen molar-refractivity contribution in [3.05, 3.63) is 34.8 Å². The zero-order chi connectivity index (χ0) is 14.4. The van der Waals surface area contributed by atoms with Crippen molar-refractivity contribution in [3.8, 4) is 5.75 Å². The highest BCUT2D eigenvalue weighted by Gasteiger charge is 2.03. The second-order valence-corrected chi connectivity index (χ2v) is 7.19. The van der Waals surface area contributed by atoms with Crippen molar-refractivity contribution in [1.82, 2.24) is 10.2 Å². The molecule has 1 aromatic carbocycles. The average Bonchev–Trinajstić information content (AvgIpc) is 2.89. The number of hydrogen-bond acceptors (Lipinski definition) is 5. The first-order valence-electron chi connectivity index (χ1n) is 6.84. The van der Waals surface area contributed by atoms with E-state index in [9.17, 15) is 0 Å². The van der Waals surface area contributed by atoms with Gasteiger partial charge in [0.25, 0.3) is 0 Å². The normalized spacial score (nSPS) is 12.3. The zero-order valence-corrected chi connectivity index (χ0v) is 13.8. The van der Waals surface area contributed by atoms with E-state index in [0.29, 0.717) is 12.5 Å². The molecule has 5 heteroatoms. The topological polar surface area (TPSA) is 35.0 Å². The van der Waals surface area contributed by atoms with Gasteiger partial charge >= 0.3 is 0 Å². The Kier molecular flexibility index (Phi) is 5.86. The highest BCUT2D eigenvalue weighted by atomic mass is 32.2. The number of hydrogen-bond donors (Lipinski definition) is 0. The van der Waals surface area contributed by atoms with E-state index < -0.39 is 0 Å². The van der Waals surface area contributed by atoms with Gasteiger partial charge in [0.15, 0.2) is 4.34 Å². The van der Waals surface area contributed by atoms with Crippen LogP contribution in [0.3, 0.4) is 0 Å². The molecule has 2 rings (SSSR count). The Labute approximate surface area is 128 Å². The molecule has 2 aromatic rings. The average molecular weight is 308 g/mol. The molecule has 0 amide bonds. The molecular formula is C15H20N2OS2. The van der Waals surface area contributed by atoms with Gasteiger partial charge in [-0.3, -0.25) is 0 Å². The van der Waals surface area contributed by atoms with E-state index in [2.05, 4.69) is 48.3 Å². The summed E-state index contributed by atoms with van der Waals surface area (Å²) in [7, 11) is 0. The predicted octanol–water partition coefficient (Wildman–Crippen LogP) is 4.53. The summed E-state index contributed by atoms with van der Waals surface area (Å²) in [4.78, 5) is 0. The largest absolute Gasteiger partial charge is 0.493 e. The summed E-state index contributed by atoms with van der Waals surface area (Å²) in [5, 5.41) is 9.08. The summed E-state index contributed by atoms with van der Waals surface area (Å²) in [5.41, 5.74) is 1.37. The lowest BCUT2D eigenvalue weighted by molar-refractivity contribution is 0.344. The molecule has 3 nitrogen and oxygen atoms in total. The van der Waals surface area contributed by atoms with Crippen molar-refractivity contribution >= 4 is 23.1 Å². The van der Waals surface area contributed by atoms with E-state index >= 15 is 0 Å². The van der Waals surface area contributed by atoms with Crippen LogP contribution in [0.4, 0.5) is 0 Å². The Bertz CT molecular complexity index is 525. The molecule has 20 heavy (non-hydrogen) atoms. The fraction of sp³-hybridized carbons (Fsp3) is 0.467. The van der Waals surface area contributed by atoms with E-state index in [1.807, 2.05) is 6.92 Å². The van der Waals surface area contributed by atoms with Gasteiger partial charge in [0.1, 0.15) is 10.8 Å². The van der Waals surface area contributed by atoms with Gasteiger partial charge in [0, 0.05) is 5.75 Å². The van der Waals surface area contributed by atoms with E-state index in [1.165, 1.54) is 5.56 Å². The Balaban J connectivity index is 1.74. The van der Waals surface area contributed by atoms with Crippen LogP contribution in [0, 0.1) is 6.92 Å².